The molecule has 1 atom stereocenters. The summed E-state index contributed by atoms with van der Waals surface area (Å²) < 4.78 is 10.3. The molecule has 2 aromatic rings. The van der Waals surface area contributed by atoms with Gasteiger partial charge in [-0.2, -0.15) is 0 Å². The van der Waals surface area contributed by atoms with Crippen molar-refractivity contribution in [1.82, 2.24) is 10.6 Å². The number of carbonyl (C=O) groups excluding carboxylic acids is 3. The Balaban J connectivity index is 1.82. The number of urea groups is 1. The van der Waals surface area contributed by atoms with Crippen LogP contribution in [0.4, 0.5) is 10.5 Å². The maximum Gasteiger partial charge on any atom is 0.329 e. The molecule has 0 heterocycles. The van der Waals surface area contributed by atoms with E-state index in [-0.39, 0.29) is 12.5 Å². The lowest BCUT2D eigenvalue weighted by Crippen LogP contribution is -2.47. The first-order valence-electron chi connectivity index (χ1n) is 9.58. The molecular weight excluding hydrogens is 386 g/mol. The summed E-state index contributed by atoms with van der Waals surface area (Å²) >= 11 is 0. The smallest absolute Gasteiger partial charge is 0.329 e. The first kappa shape index (κ1) is 22.7. The Morgan fingerprint density at radius 1 is 0.967 bits per heavy atom. The van der Waals surface area contributed by atoms with E-state index in [0.717, 1.165) is 5.56 Å². The molecule has 0 aliphatic heterocycles. The fourth-order valence-electron chi connectivity index (χ4n) is 2.65. The fourth-order valence-corrected chi connectivity index (χ4v) is 2.65. The fraction of sp³-hybridized carbons (Fsp3) is 0.318. The molecule has 3 N–H and O–H groups in total. The van der Waals surface area contributed by atoms with Gasteiger partial charge in [0.05, 0.1) is 7.11 Å². The number of benzene rings is 2. The first-order valence-corrected chi connectivity index (χ1v) is 9.58. The minimum atomic E-state index is -0.893. The van der Waals surface area contributed by atoms with Crippen LogP contribution in [0.15, 0.2) is 54.6 Å². The molecule has 0 aliphatic rings. The Labute approximate surface area is 175 Å². The molecule has 0 saturated heterocycles. The molecule has 2 rings (SSSR count). The standard InChI is InChI=1S/C22H27N3O5/c1-15(2)20(25-22(28)24-17-10-5-4-6-11-17)21(27)30-14-19(26)23-13-16-9-7-8-12-18(16)29-3/h4-12,15,20H,13-14H2,1-3H3,(H,23,26)(H2,24,25,28)/t20-/m0/s1. The lowest BCUT2D eigenvalue weighted by atomic mass is 10.1. The highest BCUT2D eigenvalue weighted by atomic mass is 16.5. The molecule has 8 nitrogen and oxygen atoms in total. The van der Waals surface area contributed by atoms with Gasteiger partial charge in [-0.05, 0) is 24.1 Å². The molecule has 2 aromatic carbocycles. The van der Waals surface area contributed by atoms with Crippen LogP contribution < -0.4 is 20.7 Å². The number of rotatable bonds is 9. The number of methoxy groups -OCH3 is 1. The van der Waals surface area contributed by atoms with Crippen LogP contribution in [-0.4, -0.2) is 37.7 Å². The van der Waals surface area contributed by atoms with E-state index < -0.39 is 30.6 Å². The summed E-state index contributed by atoms with van der Waals surface area (Å²) in [5.74, 6) is -0.704. The van der Waals surface area contributed by atoms with Crippen LogP contribution in [0.2, 0.25) is 0 Å². The van der Waals surface area contributed by atoms with Crippen LogP contribution in [0, 0.1) is 5.92 Å². The van der Waals surface area contributed by atoms with Crippen molar-refractivity contribution in [3.8, 4) is 5.75 Å². The Kier molecular flexibility index (Phi) is 8.68. The van der Waals surface area contributed by atoms with Crippen LogP contribution in [0.1, 0.15) is 19.4 Å². The first-order chi connectivity index (χ1) is 14.4. The molecule has 8 heteroatoms. The molecule has 0 bridgehead atoms. The number of carbonyl (C=O) groups is 3. The van der Waals surface area contributed by atoms with Gasteiger partial charge in [0.25, 0.3) is 5.91 Å². The average Bonchev–Trinajstić information content (AvgIpc) is 2.75. The van der Waals surface area contributed by atoms with Crippen LogP contribution in [0.5, 0.6) is 5.75 Å². The molecule has 0 spiro atoms. The molecule has 0 fully saturated rings. The number of ether oxygens (including phenoxy) is 2. The van der Waals surface area contributed by atoms with Gasteiger partial charge in [-0.25, -0.2) is 9.59 Å². The Hall–Kier alpha value is -3.55. The molecule has 0 aliphatic carbocycles. The van der Waals surface area contributed by atoms with Crippen LogP contribution in [0.3, 0.4) is 0 Å². The zero-order valence-corrected chi connectivity index (χ0v) is 17.3. The number of para-hydroxylation sites is 2. The normalized spacial score (nSPS) is 11.3. The summed E-state index contributed by atoms with van der Waals surface area (Å²) in [6, 6.07) is 14.7. The second-order valence-electron chi connectivity index (χ2n) is 6.88. The molecule has 0 unspecified atom stereocenters. The van der Waals surface area contributed by atoms with Crippen molar-refractivity contribution in [2.75, 3.05) is 19.0 Å². The van der Waals surface area contributed by atoms with Gasteiger partial charge in [0.15, 0.2) is 6.61 Å². The summed E-state index contributed by atoms with van der Waals surface area (Å²) in [6.45, 7) is 3.35. The van der Waals surface area contributed by atoms with Crippen molar-refractivity contribution in [3.05, 3.63) is 60.2 Å². The van der Waals surface area contributed by atoms with E-state index in [1.54, 1.807) is 51.3 Å². The molecule has 0 radical (unpaired) electrons. The topological polar surface area (TPSA) is 106 Å². The summed E-state index contributed by atoms with van der Waals surface area (Å²) in [5, 5.41) is 7.91. The van der Waals surface area contributed by atoms with E-state index in [4.69, 9.17) is 9.47 Å². The van der Waals surface area contributed by atoms with Gasteiger partial charge in [0.1, 0.15) is 11.8 Å². The van der Waals surface area contributed by atoms with E-state index in [9.17, 15) is 14.4 Å². The van der Waals surface area contributed by atoms with Gasteiger partial charge >= 0.3 is 12.0 Å². The quantitative estimate of drug-likeness (QED) is 0.548. The zero-order chi connectivity index (χ0) is 21.9. The van der Waals surface area contributed by atoms with Gasteiger partial charge < -0.3 is 25.4 Å². The summed E-state index contributed by atoms with van der Waals surface area (Å²) in [7, 11) is 1.55. The summed E-state index contributed by atoms with van der Waals surface area (Å²) in [6.07, 6.45) is 0. The predicted octanol–water partition coefficient (Wildman–Crippen LogP) is 2.70. The van der Waals surface area contributed by atoms with E-state index in [1.165, 1.54) is 0 Å². The number of nitrogens with one attached hydrogen (secondary N) is 3. The van der Waals surface area contributed by atoms with Crippen LogP contribution in [0.25, 0.3) is 0 Å². The van der Waals surface area contributed by atoms with Crippen molar-refractivity contribution in [2.45, 2.75) is 26.4 Å². The zero-order valence-electron chi connectivity index (χ0n) is 17.3. The molecular formula is C22H27N3O5. The third-order valence-electron chi connectivity index (χ3n) is 4.25. The largest absolute Gasteiger partial charge is 0.496 e. The Morgan fingerprint density at radius 3 is 2.30 bits per heavy atom. The van der Waals surface area contributed by atoms with E-state index in [2.05, 4.69) is 16.0 Å². The van der Waals surface area contributed by atoms with Gasteiger partial charge in [-0.3, -0.25) is 4.79 Å². The highest BCUT2D eigenvalue weighted by Crippen LogP contribution is 2.16. The van der Waals surface area contributed by atoms with Gasteiger partial charge in [0.2, 0.25) is 0 Å². The highest BCUT2D eigenvalue weighted by molar-refractivity contribution is 5.93. The van der Waals surface area contributed by atoms with Crippen molar-refractivity contribution >= 4 is 23.6 Å². The molecule has 0 aromatic heterocycles. The maximum absolute atomic E-state index is 12.4. The molecule has 0 saturated carbocycles. The number of hydrogen-bond donors (Lipinski definition) is 3. The van der Waals surface area contributed by atoms with Crippen LogP contribution >= 0.6 is 0 Å². The highest BCUT2D eigenvalue weighted by Gasteiger charge is 2.26. The number of anilines is 1. The number of amides is 3. The van der Waals surface area contributed by atoms with Crippen molar-refractivity contribution in [3.63, 3.8) is 0 Å². The number of esters is 1. The van der Waals surface area contributed by atoms with Crippen molar-refractivity contribution in [2.24, 2.45) is 5.92 Å². The van der Waals surface area contributed by atoms with Crippen molar-refractivity contribution < 1.29 is 23.9 Å². The van der Waals surface area contributed by atoms with Gasteiger partial charge in [-0.15, -0.1) is 0 Å². The maximum atomic E-state index is 12.4. The average molecular weight is 413 g/mol. The number of hydrogen-bond acceptors (Lipinski definition) is 5. The monoisotopic (exact) mass is 413 g/mol. The van der Waals surface area contributed by atoms with E-state index in [0.29, 0.717) is 11.4 Å². The van der Waals surface area contributed by atoms with Gasteiger partial charge in [-0.1, -0.05) is 50.2 Å². The molecule has 160 valence electrons. The van der Waals surface area contributed by atoms with Crippen molar-refractivity contribution in [1.29, 1.82) is 0 Å². The van der Waals surface area contributed by atoms with Crippen LogP contribution in [-0.2, 0) is 20.9 Å². The molecule has 3 amide bonds. The van der Waals surface area contributed by atoms with E-state index >= 15 is 0 Å². The molecule has 30 heavy (non-hydrogen) atoms. The second-order valence-corrected chi connectivity index (χ2v) is 6.88. The lowest BCUT2D eigenvalue weighted by molar-refractivity contribution is -0.151. The minimum Gasteiger partial charge on any atom is -0.496 e. The summed E-state index contributed by atoms with van der Waals surface area (Å²) in [4.78, 5) is 36.6. The summed E-state index contributed by atoms with van der Waals surface area (Å²) in [5.41, 5.74) is 1.40. The Morgan fingerprint density at radius 2 is 1.63 bits per heavy atom. The lowest BCUT2D eigenvalue weighted by Gasteiger charge is -2.21. The predicted molar refractivity (Wildman–Crippen MR) is 113 cm³/mol. The minimum absolute atomic E-state index is 0.226. The third-order valence-corrected chi connectivity index (χ3v) is 4.25. The SMILES string of the molecule is COc1ccccc1CNC(=O)COC(=O)[C@@H](NC(=O)Nc1ccccc1)C(C)C. The second kappa shape index (κ2) is 11.5. The van der Waals surface area contributed by atoms with E-state index in [1.807, 2.05) is 24.3 Å². The van der Waals surface area contributed by atoms with Gasteiger partial charge in [0, 0.05) is 17.8 Å². The third kappa shape index (κ3) is 7.12. The Bertz CT molecular complexity index is 855.